The third-order valence-electron chi connectivity index (χ3n) is 4.32. The zero-order chi connectivity index (χ0) is 16.1. The maximum absolute atomic E-state index is 12.8. The lowest BCUT2D eigenvalue weighted by Crippen LogP contribution is -2.48. The first-order chi connectivity index (χ1) is 10.6. The van der Waals surface area contributed by atoms with Crippen LogP contribution in [0.25, 0.3) is 0 Å². The quantitative estimate of drug-likeness (QED) is 0.864. The van der Waals surface area contributed by atoms with Gasteiger partial charge in [0.25, 0.3) is 5.91 Å². The van der Waals surface area contributed by atoms with Crippen molar-refractivity contribution in [2.75, 3.05) is 5.32 Å². The van der Waals surface area contributed by atoms with Gasteiger partial charge in [-0.05, 0) is 62.9 Å². The van der Waals surface area contributed by atoms with Crippen LogP contribution in [-0.2, 0) is 4.79 Å². The number of hydrogen-bond donors (Lipinski definition) is 1. The van der Waals surface area contributed by atoms with Crippen molar-refractivity contribution in [3.8, 4) is 0 Å². The van der Waals surface area contributed by atoms with Crippen LogP contribution >= 0.6 is 0 Å². The zero-order valence-electron chi connectivity index (χ0n) is 13.3. The van der Waals surface area contributed by atoms with Crippen molar-refractivity contribution in [1.82, 2.24) is 4.90 Å². The van der Waals surface area contributed by atoms with E-state index in [0.29, 0.717) is 17.3 Å². The van der Waals surface area contributed by atoms with Gasteiger partial charge >= 0.3 is 0 Å². The van der Waals surface area contributed by atoms with E-state index in [1.165, 1.54) is 12.5 Å². The minimum atomic E-state index is -0.255. The molecule has 2 amide bonds. The molecular formula is C18H24N2O2. The maximum Gasteiger partial charge on any atom is 0.254 e. The summed E-state index contributed by atoms with van der Waals surface area (Å²) >= 11 is 0. The Kier molecular flexibility index (Phi) is 5.36. The fourth-order valence-electron chi connectivity index (χ4n) is 3.09. The van der Waals surface area contributed by atoms with Crippen LogP contribution in [0.5, 0.6) is 0 Å². The van der Waals surface area contributed by atoms with Gasteiger partial charge in [0.05, 0.1) is 0 Å². The van der Waals surface area contributed by atoms with Crippen LogP contribution in [0.15, 0.2) is 36.9 Å². The Morgan fingerprint density at radius 2 is 2.00 bits per heavy atom. The van der Waals surface area contributed by atoms with E-state index in [0.717, 1.165) is 19.3 Å². The summed E-state index contributed by atoms with van der Waals surface area (Å²) in [5, 5.41) is 2.68. The molecule has 4 nitrogen and oxygen atoms in total. The molecule has 0 aliphatic carbocycles. The van der Waals surface area contributed by atoms with Crippen LogP contribution < -0.4 is 5.32 Å². The Hall–Kier alpha value is -2.10. The van der Waals surface area contributed by atoms with Gasteiger partial charge in [-0.2, -0.15) is 0 Å². The van der Waals surface area contributed by atoms with E-state index in [-0.39, 0.29) is 17.9 Å². The van der Waals surface area contributed by atoms with Gasteiger partial charge in [-0.1, -0.05) is 13.5 Å². The number of likely N-dealkylation sites (tertiary alicyclic amines) is 1. The molecule has 0 unspecified atom stereocenters. The second kappa shape index (κ2) is 7.25. The Balaban J connectivity index is 2.14. The number of piperidine rings is 1. The zero-order valence-corrected chi connectivity index (χ0v) is 13.3. The van der Waals surface area contributed by atoms with E-state index in [9.17, 15) is 9.59 Å². The number of amides is 2. The number of hydrogen-bond acceptors (Lipinski definition) is 2. The van der Waals surface area contributed by atoms with Gasteiger partial charge in [-0.25, -0.2) is 0 Å². The number of rotatable bonds is 4. The minimum Gasteiger partial charge on any atom is -0.333 e. The highest BCUT2D eigenvalue weighted by atomic mass is 16.2. The summed E-state index contributed by atoms with van der Waals surface area (Å²) in [5.74, 6) is -0.171. The van der Waals surface area contributed by atoms with E-state index in [1.54, 1.807) is 24.3 Å². The summed E-state index contributed by atoms with van der Waals surface area (Å²) in [7, 11) is 0. The van der Waals surface area contributed by atoms with Crippen LogP contribution in [0.2, 0.25) is 0 Å². The maximum atomic E-state index is 12.8. The fraction of sp³-hybridized carbons (Fsp3) is 0.444. The van der Waals surface area contributed by atoms with Crippen molar-refractivity contribution in [1.29, 1.82) is 0 Å². The lowest BCUT2D eigenvalue weighted by Gasteiger charge is -2.40. The SMILES string of the molecule is C=CC(=O)Nc1ccc(C(=O)N2[C@H](CC)CCC[C@@H]2C)cc1. The molecule has 1 aromatic rings. The molecule has 22 heavy (non-hydrogen) atoms. The Morgan fingerprint density at radius 3 is 2.59 bits per heavy atom. The monoisotopic (exact) mass is 300 g/mol. The molecule has 1 N–H and O–H groups in total. The predicted molar refractivity (Wildman–Crippen MR) is 88.8 cm³/mol. The molecule has 1 aliphatic heterocycles. The topological polar surface area (TPSA) is 49.4 Å². The first kappa shape index (κ1) is 16.3. The Morgan fingerprint density at radius 1 is 1.32 bits per heavy atom. The number of nitrogens with zero attached hydrogens (tertiary/aromatic N) is 1. The average Bonchev–Trinajstić information content (AvgIpc) is 2.54. The van der Waals surface area contributed by atoms with Crippen LogP contribution in [0.1, 0.15) is 49.9 Å². The van der Waals surface area contributed by atoms with Gasteiger partial charge < -0.3 is 10.2 Å². The summed E-state index contributed by atoms with van der Waals surface area (Å²) in [4.78, 5) is 26.1. The normalized spacial score (nSPS) is 21.3. The molecule has 0 saturated carbocycles. The minimum absolute atomic E-state index is 0.0839. The van der Waals surface area contributed by atoms with E-state index < -0.39 is 0 Å². The lowest BCUT2D eigenvalue weighted by molar-refractivity contribution is -0.111. The van der Waals surface area contributed by atoms with Crippen molar-refractivity contribution >= 4 is 17.5 Å². The second-order valence-corrected chi connectivity index (χ2v) is 5.83. The number of carbonyl (C=O) groups is 2. The van der Waals surface area contributed by atoms with Gasteiger partial charge in [0, 0.05) is 23.3 Å². The highest BCUT2D eigenvalue weighted by molar-refractivity contribution is 5.99. The summed E-state index contributed by atoms with van der Waals surface area (Å²) in [5.41, 5.74) is 1.34. The molecule has 1 fully saturated rings. The van der Waals surface area contributed by atoms with Crippen LogP contribution in [-0.4, -0.2) is 28.8 Å². The molecule has 1 heterocycles. The van der Waals surface area contributed by atoms with E-state index in [2.05, 4.69) is 25.7 Å². The third kappa shape index (κ3) is 3.56. The second-order valence-electron chi connectivity index (χ2n) is 5.83. The molecule has 1 aromatic carbocycles. The molecule has 2 atom stereocenters. The summed E-state index contributed by atoms with van der Waals surface area (Å²) in [6.07, 6.45) is 5.55. The molecule has 118 valence electrons. The Labute approximate surface area is 132 Å². The van der Waals surface area contributed by atoms with E-state index >= 15 is 0 Å². The third-order valence-corrected chi connectivity index (χ3v) is 4.32. The van der Waals surface area contributed by atoms with Gasteiger partial charge in [0.2, 0.25) is 5.91 Å². The molecular weight excluding hydrogens is 276 g/mol. The molecule has 0 spiro atoms. The first-order valence-corrected chi connectivity index (χ1v) is 7.93. The highest BCUT2D eigenvalue weighted by Crippen LogP contribution is 2.27. The molecule has 0 aromatic heterocycles. The molecule has 1 saturated heterocycles. The van der Waals surface area contributed by atoms with Gasteiger partial charge in [0.1, 0.15) is 0 Å². The van der Waals surface area contributed by atoms with Crippen LogP contribution in [0.4, 0.5) is 5.69 Å². The van der Waals surface area contributed by atoms with Gasteiger partial charge in [-0.15, -0.1) is 0 Å². The average molecular weight is 300 g/mol. The van der Waals surface area contributed by atoms with E-state index in [4.69, 9.17) is 0 Å². The Bertz CT molecular complexity index is 551. The van der Waals surface area contributed by atoms with Crippen molar-refractivity contribution in [2.45, 2.75) is 51.6 Å². The molecule has 0 radical (unpaired) electrons. The smallest absolute Gasteiger partial charge is 0.254 e. The molecule has 2 rings (SSSR count). The van der Waals surface area contributed by atoms with Gasteiger partial charge in [-0.3, -0.25) is 9.59 Å². The summed E-state index contributed by atoms with van der Waals surface area (Å²) in [6, 6.07) is 7.67. The van der Waals surface area contributed by atoms with E-state index in [1.807, 2.05) is 4.90 Å². The standard InChI is InChI=1S/C18H24N2O2/c1-4-16-8-6-7-13(3)20(16)18(22)14-9-11-15(12-10-14)19-17(21)5-2/h5,9-13,16H,2,4,6-8H2,1,3H3,(H,19,21)/t13-,16+/m0/s1. The van der Waals surface area contributed by atoms with Gasteiger partial charge in [0.15, 0.2) is 0 Å². The van der Waals surface area contributed by atoms with Crippen molar-refractivity contribution in [3.05, 3.63) is 42.5 Å². The number of benzene rings is 1. The van der Waals surface area contributed by atoms with Crippen molar-refractivity contribution < 1.29 is 9.59 Å². The van der Waals surface area contributed by atoms with Crippen molar-refractivity contribution in [2.24, 2.45) is 0 Å². The molecule has 4 heteroatoms. The van der Waals surface area contributed by atoms with Crippen LogP contribution in [0.3, 0.4) is 0 Å². The first-order valence-electron chi connectivity index (χ1n) is 7.93. The summed E-state index contributed by atoms with van der Waals surface area (Å²) in [6.45, 7) is 7.68. The lowest BCUT2D eigenvalue weighted by atomic mass is 9.94. The molecule has 0 bridgehead atoms. The fourth-order valence-corrected chi connectivity index (χ4v) is 3.09. The number of carbonyl (C=O) groups excluding carboxylic acids is 2. The predicted octanol–water partition coefficient (Wildman–Crippen LogP) is 3.60. The molecule has 1 aliphatic rings. The highest BCUT2D eigenvalue weighted by Gasteiger charge is 2.31. The largest absolute Gasteiger partial charge is 0.333 e. The summed E-state index contributed by atoms with van der Waals surface area (Å²) < 4.78 is 0. The van der Waals surface area contributed by atoms with Crippen LogP contribution in [0, 0.1) is 0 Å². The number of nitrogens with one attached hydrogen (secondary N) is 1. The van der Waals surface area contributed by atoms with Crippen molar-refractivity contribution in [3.63, 3.8) is 0 Å². The number of anilines is 1.